The standard InChI is InChI=1S/C18H21Cl2N3OS/c1-11(2)22-6-8-23(9-7-22)18(24)16-12(3)21-17(25-16)14-10-13(19)4-5-15(14)20/h4-5,10-11H,6-9H2,1-3H3. The summed E-state index contributed by atoms with van der Waals surface area (Å²) < 4.78 is 0. The highest BCUT2D eigenvalue weighted by Crippen LogP contribution is 2.35. The lowest BCUT2D eigenvalue weighted by molar-refractivity contribution is 0.0599. The Morgan fingerprint density at radius 3 is 2.52 bits per heavy atom. The van der Waals surface area contributed by atoms with Crippen LogP contribution < -0.4 is 0 Å². The summed E-state index contributed by atoms with van der Waals surface area (Å²) >= 11 is 13.7. The first kappa shape index (κ1) is 18.6. The smallest absolute Gasteiger partial charge is 0.265 e. The molecule has 0 spiro atoms. The largest absolute Gasteiger partial charge is 0.335 e. The summed E-state index contributed by atoms with van der Waals surface area (Å²) in [5.74, 6) is 0.0582. The molecule has 2 aromatic rings. The van der Waals surface area contributed by atoms with E-state index >= 15 is 0 Å². The van der Waals surface area contributed by atoms with Crippen LogP contribution in [-0.4, -0.2) is 52.9 Å². The molecule has 0 radical (unpaired) electrons. The molecule has 1 amide bonds. The molecule has 3 rings (SSSR count). The lowest BCUT2D eigenvalue weighted by Gasteiger charge is -2.36. The van der Waals surface area contributed by atoms with E-state index in [2.05, 4.69) is 23.7 Å². The van der Waals surface area contributed by atoms with E-state index in [1.165, 1.54) is 11.3 Å². The first-order valence-electron chi connectivity index (χ1n) is 8.33. The van der Waals surface area contributed by atoms with Crippen molar-refractivity contribution in [1.29, 1.82) is 0 Å². The summed E-state index contributed by atoms with van der Waals surface area (Å²) in [5, 5.41) is 1.92. The second kappa shape index (κ2) is 7.62. The third-order valence-corrected chi connectivity index (χ3v) is 6.22. The molecule has 134 valence electrons. The lowest BCUT2D eigenvalue weighted by atomic mass is 10.2. The van der Waals surface area contributed by atoms with Crippen molar-refractivity contribution >= 4 is 40.4 Å². The average Bonchev–Trinajstić information content (AvgIpc) is 2.98. The zero-order valence-corrected chi connectivity index (χ0v) is 16.9. The fraction of sp³-hybridized carbons (Fsp3) is 0.444. The second-order valence-corrected chi connectivity index (χ2v) is 8.32. The van der Waals surface area contributed by atoms with Gasteiger partial charge in [-0.3, -0.25) is 9.69 Å². The van der Waals surface area contributed by atoms with Crippen LogP contribution in [0.2, 0.25) is 10.0 Å². The van der Waals surface area contributed by atoms with Crippen molar-refractivity contribution in [2.24, 2.45) is 0 Å². The zero-order valence-electron chi connectivity index (χ0n) is 14.6. The van der Waals surface area contributed by atoms with Crippen LogP contribution in [0.3, 0.4) is 0 Å². The van der Waals surface area contributed by atoms with Crippen molar-refractivity contribution < 1.29 is 4.79 Å². The van der Waals surface area contributed by atoms with Crippen LogP contribution in [0.15, 0.2) is 18.2 Å². The summed E-state index contributed by atoms with van der Waals surface area (Å²) in [7, 11) is 0. The minimum Gasteiger partial charge on any atom is -0.335 e. The van der Waals surface area contributed by atoms with Crippen molar-refractivity contribution in [1.82, 2.24) is 14.8 Å². The number of carbonyl (C=O) groups excluding carboxylic acids is 1. The predicted molar refractivity (Wildman–Crippen MR) is 105 cm³/mol. The van der Waals surface area contributed by atoms with Crippen LogP contribution in [0.5, 0.6) is 0 Å². The van der Waals surface area contributed by atoms with Crippen LogP contribution in [-0.2, 0) is 0 Å². The Morgan fingerprint density at radius 1 is 1.20 bits per heavy atom. The number of aromatic nitrogens is 1. The summed E-state index contributed by atoms with van der Waals surface area (Å²) in [4.78, 5) is 22.5. The van der Waals surface area contributed by atoms with E-state index in [9.17, 15) is 4.79 Å². The van der Waals surface area contributed by atoms with Gasteiger partial charge in [0.1, 0.15) is 9.88 Å². The lowest BCUT2D eigenvalue weighted by Crippen LogP contribution is -2.50. The molecule has 1 aliphatic heterocycles. The zero-order chi connectivity index (χ0) is 18.1. The number of hydrogen-bond donors (Lipinski definition) is 0. The normalized spacial score (nSPS) is 15.8. The average molecular weight is 398 g/mol. The Morgan fingerprint density at radius 2 is 1.88 bits per heavy atom. The number of thiazole rings is 1. The Labute approximate surface area is 162 Å². The van der Waals surface area contributed by atoms with E-state index in [-0.39, 0.29) is 5.91 Å². The first-order valence-corrected chi connectivity index (χ1v) is 9.90. The van der Waals surface area contributed by atoms with E-state index in [1.807, 2.05) is 11.8 Å². The van der Waals surface area contributed by atoms with Crippen molar-refractivity contribution in [3.63, 3.8) is 0 Å². The maximum Gasteiger partial charge on any atom is 0.265 e. The van der Waals surface area contributed by atoms with Crippen LogP contribution in [0, 0.1) is 6.92 Å². The number of hydrogen-bond acceptors (Lipinski definition) is 4. The van der Waals surface area contributed by atoms with Gasteiger partial charge in [-0.25, -0.2) is 4.98 Å². The summed E-state index contributed by atoms with van der Waals surface area (Å²) in [6.07, 6.45) is 0. The summed E-state index contributed by atoms with van der Waals surface area (Å²) in [5.41, 5.74) is 1.51. The molecule has 0 saturated carbocycles. The molecule has 0 N–H and O–H groups in total. The number of halogens is 2. The van der Waals surface area contributed by atoms with Crippen molar-refractivity contribution in [2.75, 3.05) is 26.2 Å². The molecule has 1 aromatic heterocycles. The van der Waals surface area contributed by atoms with Crippen molar-refractivity contribution in [3.8, 4) is 10.6 Å². The molecule has 2 heterocycles. The number of carbonyl (C=O) groups is 1. The maximum atomic E-state index is 12.9. The van der Waals surface area contributed by atoms with Crippen molar-refractivity contribution in [2.45, 2.75) is 26.8 Å². The number of benzene rings is 1. The van der Waals surface area contributed by atoms with Gasteiger partial charge in [0.15, 0.2) is 0 Å². The van der Waals surface area contributed by atoms with Gasteiger partial charge in [0, 0.05) is 42.8 Å². The van der Waals surface area contributed by atoms with Gasteiger partial charge >= 0.3 is 0 Å². The topological polar surface area (TPSA) is 36.4 Å². The van der Waals surface area contributed by atoms with Gasteiger partial charge in [-0.2, -0.15) is 0 Å². The molecule has 0 atom stereocenters. The molecule has 25 heavy (non-hydrogen) atoms. The molecule has 1 saturated heterocycles. The van der Waals surface area contributed by atoms with Gasteiger partial charge in [-0.15, -0.1) is 11.3 Å². The highest BCUT2D eigenvalue weighted by atomic mass is 35.5. The quantitative estimate of drug-likeness (QED) is 0.759. The Kier molecular flexibility index (Phi) is 5.68. The third-order valence-electron chi connectivity index (χ3n) is 4.48. The fourth-order valence-corrected chi connectivity index (χ4v) is 4.46. The van der Waals surface area contributed by atoms with Gasteiger partial charge < -0.3 is 4.90 Å². The van der Waals surface area contributed by atoms with Crippen LogP contribution in [0.4, 0.5) is 0 Å². The highest BCUT2D eigenvalue weighted by molar-refractivity contribution is 7.17. The van der Waals surface area contributed by atoms with E-state index in [0.29, 0.717) is 21.0 Å². The van der Waals surface area contributed by atoms with Gasteiger partial charge in [-0.1, -0.05) is 23.2 Å². The van der Waals surface area contributed by atoms with Gasteiger partial charge in [0.25, 0.3) is 5.91 Å². The number of nitrogens with zero attached hydrogens (tertiary/aromatic N) is 3. The molecule has 4 nitrogen and oxygen atoms in total. The van der Waals surface area contributed by atoms with Gasteiger partial charge in [0.2, 0.25) is 0 Å². The van der Waals surface area contributed by atoms with E-state index < -0.39 is 0 Å². The molecule has 1 aromatic carbocycles. The third kappa shape index (κ3) is 4.00. The molecule has 1 fully saturated rings. The minimum absolute atomic E-state index is 0.0582. The summed E-state index contributed by atoms with van der Waals surface area (Å²) in [6, 6.07) is 5.80. The fourth-order valence-electron chi connectivity index (χ4n) is 2.96. The van der Waals surface area contributed by atoms with Crippen molar-refractivity contribution in [3.05, 3.63) is 38.8 Å². The number of amides is 1. The number of aryl methyl sites for hydroxylation is 1. The maximum absolute atomic E-state index is 12.9. The number of piperazine rings is 1. The molecule has 0 unspecified atom stereocenters. The molecular weight excluding hydrogens is 377 g/mol. The van der Waals surface area contributed by atoms with E-state index in [1.54, 1.807) is 18.2 Å². The molecule has 0 aliphatic carbocycles. The monoisotopic (exact) mass is 397 g/mol. The number of rotatable bonds is 3. The minimum atomic E-state index is 0.0582. The molecule has 7 heteroatoms. The predicted octanol–water partition coefficient (Wildman–Crippen LogP) is 4.59. The molecule has 0 bridgehead atoms. The van der Waals surface area contributed by atoms with E-state index in [0.717, 1.165) is 42.4 Å². The second-order valence-electron chi connectivity index (χ2n) is 6.48. The SMILES string of the molecule is Cc1nc(-c2cc(Cl)ccc2Cl)sc1C(=O)N1CCN(C(C)C)CC1. The van der Waals surface area contributed by atoms with Gasteiger partial charge in [-0.05, 0) is 39.0 Å². The Bertz CT molecular complexity index is 783. The Hall–Kier alpha value is -1.14. The molecular formula is C18H21Cl2N3OS. The Balaban J connectivity index is 1.81. The summed E-state index contributed by atoms with van der Waals surface area (Å²) in [6.45, 7) is 9.57. The van der Waals surface area contributed by atoms with Gasteiger partial charge in [0.05, 0.1) is 10.7 Å². The van der Waals surface area contributed by atoms with Crippen LogP contribution >= 0.6 is 34.5 Å². The molecule has 1 aliphatic rings. The van der Waals surface area contributed by atoms with E-state index in [4.69, 9.17) is 23.2 Å². The highest BCUT2D eigenvalue weighted by Gasteiger charge is 2.26. The van der Waals surface area contributed by atoms with Crippen LogP contribution in [0.25, 0.3) is 10.6 Å². The van der Waals surface area contributed by atoms with Crippen LogP contribution in [0.1, 0.15) is 29.2 Å². The first-order chi connectivity index (χ1) is 11.9.